The first-order valence-corrected chi connectivity index (χ1v) is 7.90. The van der Waals surface area contributed by atoms with Crippen LogP contribution in [0.3, 0.4) is 0 Å². The Morgan fingerprint density at radius 2 is 2.25 bits per heavy atom. The molecule has 24 heavy (non-hydrogen) atoms. The number of furan rings is 1. The molecule has 1 aliphatic carbocycles. The number of rotatable bonds is 2. The van der Waals surface area contributed by atoms with E-state index < -0.39 is 5.60 Å². The lowest BCUT2D eigenvalue weighted by Gasteiger charge is -2.33. The van der Waals surface area contributed by atoms with E-state index in [2.05, 4.69) is 17.2 Å². The molecule has 1 saturated carbocycles. The normalized spacial score (nSPS) is 23.2. The summed E-state index contributed by atoms with van der Waals surface area (Å²) in [6, 6.07) is 9.01. The minimum atomic E-state index is -1.19. The van der Waals surface area contributed by atoms with Crippen molar-refractivity contribution < 1.29 is 18.7 Å². The van der Waals surface area contributed by atoms with Gasteiger partial charge in [-0.1, -0.05) is 17.9 Å². The fourth-order valence-corrected chi connectivity index (χ4v) is 2.91. The largest absolute Gasteiger partial charge is 0.459 e. The molecule has 5 heteroatoms. The summed E-state index contributed by atoms with van der Waals surface area (Å²) in [6.45, 7) is 0. The molecule has 1 aliphatic rings. The van der Waals surface area contributed by atoms with Crippen molar-refractivity contribution in [1.82, 2.24) is 5.32 Å². The van der Waals surface area contributed by atoms with E-state index in [0.29, 0.717) is 18.4 Å². The van der Waals surface area contributed by atoms with E-state index in [1.807, 2.05) is 0 Å². The summed E-state index contributed by atoms with van der Waals surface area (Å²) in [5.74, 6) is 5.26. The van der Waals surface area contributed by atoms with Crippen molar-refractivity contribution in [3.8, 4) is 11.8 Å². The highest BCUT2D eigenvalue weighted by atomic mass is 19.1. The Morgan fingerprint density at radius 1 is 1.38 bits per heavy atom. The first kappa shape index (κ1) is 16.3. The van der Waals surface area contributed by atoms with Gasteiger partial charge >= 0.3 is 0 Å². The average Bonchev–Trinajstić information content (AvgIpc) is 3.08. The molecular formula is C19H18FNO3. The van der Waals surface area contributed by atoms with Crippen LogP contribution in [0.5, 0.6) is 0 Å². The second-order valence-electron chi connectivity index (χ2n) is 6.04. The fraction of sp³-hybridized carbons (Fsp3) is 0.316. The third kappa shape index (κ3) is 4.03. The van der Waals surface area contributed by atoms with Crippen LogP contribution < -0.4 is 5.32 Å². The summed E-state index contributed by atoms with van der Waals surface area (Å²) in [6.07, 6.45) is 3.83. The molecule has 3 rings (SSSR count). The van der Waals surface area contributed by atoms with Crippen LogP contribution in [0, 0.1) is 17.7 Å². The minimum Gasteiger partial charge on any atom is -0.459 e. The van der Waals surface area contributed by atoms with Crippen LogP contribution >= 0.6 is 0 Å². The van der Waals surface area contributed by atoms with Gasteiger partial charge in [-0.2, -0.15) is 0 Å². The topological polar surface area (TPSA) is 62.5 Å². The zero-order valence-electron chi connectivity index (χ0n) is 13.1. The highest BCUT2D eigenvalue weighted by Gasteiger charge is 2.33. The van der Waals surface area contributed by atoms with Crippen molar-refractivity contribution in [2.45, 2.75) is 37.3 Å². The highest BCUT2D eigenvalue weighted by molar-refractivity contribution is 5.91. The second kappa shape index (κ2) is 6.90. The smallest absolute Gasteiger partial charge is 0.287 e. The summed E-state index contributed by atoms with van der Waals surface area (Å²) in [7, 11) is 0. The molecule has 1 heterocycles. The molecule has 2 aromatic rings. The maximum absolute atomic E-state index is 13.2. The molecule has 1 amide bonds. The van der Waals surface area contributed by atoms with Crippen molar-refractivity contribution in [3.63, 3.8) is 0 Å². The van der Waals surface area contributed by atoms with E-state index in [1.54, 1.807) is 24.3 Å². The monoisotopic (exact) mass is 327 g/mol. The van der Waals surface area contributed by atoms with E-state index in [1.165, 1.54) is 18.4 Å². The molecule has 0 saturated heterocycles. The summed E-state index contributed by atoms with van der Waals surface area (Å²) in [5, 5.41) is 13.5. The highest BCUT2D eigenvalue weighted by Crippen LogP contribution is 2.28. The van der Waals surface area contributed by atoms with Crippen LogP contribution in [-0.4, -0.2) is 22.7 Å². The molecule has 0 radical (unpaired) electrons. The van der Waals surface area contributed by atoms with Crippen molar-refractivity contribution in [1.29, 1.82) is 0 Å². The van der Waals surface area contributed by atoms with Crippen LogP contribution in [0.25, 0.3) is 0 Å². The van der Waals surface area contributed by atoms with Gasteiger partial charge in [-0.05, 0) is 49.6 Å². The van der Waals surface area contributed by atoms with Gasteiger partial charge in [0.05, 0.1) is 6.26 Å². The molecule has 1 unspecified atom stereocenters. The first-order valence-electron chi connectivity index (χ1n) is 7.90. The van der Waals surface area contributed by atoms with Gasteiger partial charge < -0.3 is 14.8 Å². The number of amides is 1. The van der Waals surface area contributed by atoms with E-state index in [4.69, 9.17) is 4.42 Å². The van der Waals surface area contributed by atoms with Crippen molar-refractivity contribution in [3.05, 3.63) is 59.8 Å². The summed E-state index contributed by atoms with van der Waals surface area (Å²) in [4.78, 5) is 12.0. The number of hydrogen-bond donors (Lipinski definition) is 2. The Labute approximate surface area is 139 Å². The third-order valence-electron chi connectivity index (χ3n) is 4.07. The van der Waals surface area contributed by atoms with Gasteiger partial charge in [-0.3, -0.25) is 4.79 Å². The van der Waals surface area contributed by atoms with Crippen molar-refractivity contribution >= 4 is 5.91 Å². The van der Waals surface area contributed by atoms with Crippen LogP contribution in [0.15, 0.2) is 47.1 Å². The number of aliphatic hydroxyl groups is 1. The second-order valence-corrected chi connectivity index (χ2v) is 6.04. The Balaban J connectivity index is 1.67. The number of carbonyl (C=O) groups is 1. The van der Waals surface area contributed by atoms with Gasteiger partial charge in [0.1, 0.15) is 11.4 Å². The Hall–Kier alpha value is -2.58. The molecule has 0 spiro atoms. The zero-order chi connectivity index (χ0) is 17.0. The maximum Gasteiger partial charge on any atom is 0.287 e. The average molecular weight is 327 g/mol. The third-order valence-corrected chi connectivity index (χ3v) is 4.07. The predicted octanol–water partition coefficient (Wildman–Crippen LogP) is 2.87. The lowest BCUT2D eigenvalue weighted by Crippen LogP contribution is -2.45. The Bertz CT molecular complexity index is 775. The van der Waals surface area contributed by atoms with Crippen molar-refractivity contribution in [2.75, 3.05) is 0 Å². The molecule has 2 atom stereocenters. The first-order chi connectivity index (χ1) is 11.5. The van der Waals surface area contributed by atoms with Gasteiger partial charge in [-0.25, -0.2) is 4.39 Å². The Morgan fingerprint density at radius 3 is 3.00 bits per heavy atom. The van der Waals surface area contributed by atoms with Gasteiger partial charge in [0.2, 0.25) is 0 Å². The van der Waals surface area contributed by atoms with Gasteiger partial charge in [-0.15, -0.1) is 0 Å². The van der Waals surface area contributed by atoms with Crippen LogP contribution in [0.2, 0.25) is 0 Å². The SMILES string of the molecule is O=C(N[C@@H]1CCCC(O)(C#Cc2cccc(F)c2)C1)c1ccco1. The van der Waals surface area contributed by atoms with Gasteiger partial charge in [0.15, 0.2) is 5.76 Å². The summed E-state index contributed by atoms with van der Waals surface area (Å²) in [5.41, 5.74) is -0.670. The standard InChI is InChI=1S/C19H18FNO3/c20-15-5-1-4-14(12-15)8-10-19(23)9-2-6-16(13-19)21-18(22)17-7-3-11-24-17/h1,3-5,7,11-12,16,23H,2,6,9,13H2,(H,21,22)/t16-,19?/m1/s1. The molecule has 0 bridgehead atoms. The molecule has 124 valence electrons. The van der Waals surface area contributed by atoms with Crippen molar-refractivity contribution in [2.24, 2.45) is 0 Å². The predicted molar refractivity (Wildman–Crippen MR) is 86.7 cm³/mol. The molecule has 2 N–H and O–H groups in total. The lowest BCUT2D eigenvalue weighted by molar-refractivity contribution is 0.0448. The maximum atomic E-state index is 13.2. The number of benzene rings is 1. The molecule has 1 aromatic heterocycles. The van der Waals surface area contributed by atoms with Gasteiger partial charge in [0, 0.05) is 18.0 Å². The zero-order valence-corrected chi connectivity index (χ0v) is 13.1. The molecule has 1 fully saturated rings. The quantitative estimate of drug-likeness (QED) is 0.834. The number of carbonyl (C=O) groups excluding carboxylic acids is 1. The molecule has 1 aromatic carbocycles. The lowest BCUT2D eigenvalue weighted by atomic mass is 9.82. The van der Waals surface area contributed by atoms with E-state index in [-0.39, 0.29) is 23.5 Å². The number of hydrogen-bond acceptors (Lipinski definition) is 3. The fourth-order valence-electron chi connectivity index (χ4n) is 2.91. The van der Waals surface area contributed by atoms with Crippen LogP contribution in [0.4, 0.5) is 4.39 Å². The van der Waals surface area contributed by atoms with E-state index in [0.717, 1.165) is 12.8 Å². The molecular weight excluding hydrogens is 309 g/mol. The van der Waals surface area contributed by atoms with E-state index >= 15 is 0 Å². The van der Waals surface area contributed by atoms with Crippen LogP contribution in [0.1, 0.15) is 41.8 Å². The van der Waals surface area contributed by atoms with Gasteiger partial charge in [0.25, 0.3) is 5.91 Å². The number of nitrogens with one attached hydrogen (secondary N) is 1. The Kier molecular flexibility index (Phi) is 4.68. The summed E-state index contributed by atoms with van der Waals surface area (Å²) >= 11 is 0. The summed E-state index contributed by atoms with van der Waals surface area (Å²) < 4.78 is 18.2. The van der Waals surface area contributed by atoms with Crippen LogP contribution in [-0.2, 0) is 0 Å². The molecule has 4 nitrogen and oxygen atoms in total. The van der Waals surface area contributed by atoms with E-state index in [9.17, 15) is 14.3 Å². The molecule has 0 aliphatic heterocycles. The minimum absolute atomic E-state index is 0.178. The number of halogens is 1.